The number of aliphatic hydroxyl groups is 1. The molecule has 0 heterocycles. The van der Waals surface area contributed by atoms with Gasteiger partial charge in [0, 0.05) is 0 Å². The first-order chi connectivity index (χ1) is 8.04. The van der Waals surface area contributed by atoms with Crippen molar-refractivity contribution in [3.8, 4) is 5.75 Å². The number of rotatable bonds is 6. The van der Waals surface area contributed by atoms with E-state index in [1.54, 1.807) is 0 Å². The Bertz CT molecular complexity index is 322. The van der Waals surface area contributed by atoms with Crippen molar-refractivity contribution in [1.82, 2.24) is 0 Å². The summed E-state index contributed by atoms with van der Waals surface area (Å²) in [4.78, 5) is 0. The third-order valence-electron chi connectivity index (χ3n) is 1.91. The molecule has 0 saturated heterocycles. The summed E-state index contributed by atoms with van der Waals surface area (Å²) in [5.41, 5.74) is -0.707. The van der Waals surface area contributed by atoms with E-state index < -0.39 is 11.7 Å². The van der Waals surface area contributed by atoms with E-state index in [1.807, 2.05) is 0 Å². The van der Waals surface area contributed by atoms with Crippen molar-refractivity contribution in [3.63, 3.8) is 0 Å². The maximum absolute atomic E-state index is 12.2. The molecular weight excluding hydrogens is 237 g/mol. The molecule has 17 heavy (non-hydrogen) atoms. The van der Waals surface area contributed by atoms with Crippen LogP contribution in [0.15, 0.2) is 24.3 Å². The Morgan fingerprint density at radius 3 is 2.18 bits per heavy atom. The minimum Gasteiger partial charge on any atom is -0.491 e. The van der Waals surface area contributed by atoms with Crippen molar-refractivity contribution in [3.05, 3.63) is 29.8 Å². The molecule has 0 saturated carbocycles. The van der Waals surface area contributed by atoms with Crippen molar-refractivity contribution in [1.29, 1.82) is 0 Å². The predicted molar refractivity (Wildman–Crippen MR) is 54.8 cm³/mol. The number of hydrogen-bond donors (Lipinski definition) is 1. The van der Waals surface area contributed by atoms with Crippen LogP contribution in [0.5, 0.6) is 5.75 Å². The molecule has 0 aromatic heterocycles. The molecule has 0 bridgehead atoms. The smallest absolute Gasteiger partial charge is 0.416 e. The fourth-order valence-corrected chi connectivity index (χ4v) is 1.13. The van der Waals surface area contributed by atoms with E-state index >= 15 is 0 Å². The van der Waals surface area contributed by atoms with Crippen molar-refractivity contribution in [2.45, 2.75) is 6.18 Å². The Morgan fingerprint density at radius 2 is 1.65 bits per heavy atom. The molecule has 1 aromatic rings. The van der Waals surface area contributed by atoms with Crippen LogP contribution in [0.1, 0.15) is 5.56 Å². The maximum Gasteiger partial charge on any atom is 0.416 e. The SMILES string of the molecule is OCCOCCOc1ccc(C(F)(F)F)cc1. The summed E-state index contributed by atoms with van der Waals surface area (Å²) in [7, 11) is 0. The molecule has 3 nitrogen and oxygen atoms in total. The van der Waals surface area contributed by atoms with E-state index in [1.165, 1.54) is 12.1 Å². The van der Waals surface area contributed by atoms with E-state index in [9.17, 15) is 13.2 Å². The molecular formula is C11H13F3O3. The van der Waals surface area contributed by atoms with Crippen LogP contribution in [-0.2, 0) is 10.9 Å². The Labute approximate surface area is 96.8 Å². The minimum absolute atomic E-state index is 0.0692. The number of benzene rings is 1. The summed E-state index contributed by atoms with van der Waals surface area (Å²) in [5, 5.41) is 8.42. The zero-order valence-corrected chi connectivity index (χ0v) is 9.04. The van der Waals surface area contributed by atoms with Gasteiger partial charge in [-0.25, -0.2) is 0 Å². The van der Waals surface area contributed by atoms with Gasteiger partial charge in [-0.3, -0.25) is 0 Å². The van der Waals surface area contributed by atoms with E-state index in [4.69, 9.17) is 14.6 Å². The normalized spacial score (nSPS) is 11.5. The average Bonchev–Trinajstić information content (AvgIpc) is 2.28. The number of alkyl halides is 3. The van der Waals surface area contributed by atoms with Crippen molar-refractivity contribution < 1.29 is 27.8 Å². The van der Waals surface area contributed by atoms with E-state index in [-0.39, 0.29) is 26.4 Å². The van der Waals surface area contributed by atoms with Gasteiger partial charge < -0.3 is 14.6 Å². The fraction of sp³-hybridized carbons (Fsp3) is 0.455. The van der Waals surface area contributed by atoms with Crippen LogP contribution in [0, 0.1) is 0 Å². The van der Waals surface area contributed by atoms with Crippen molar-refractivity contribution in [2.24, 2.45) is 0 Å². The van der Waals surface area contributed by atoms with Crippen LogP contribution >= 0.6 is 0 Å². The number of hydrogen-bond acceptors (Lipinski definition) is 3. The third-order valence-corrected chi connectivity index (χ3v) is 1.91. The quantitative estimate of drug-likeness (QED) is 0.786. The van der Waals surface area contributed by atoms with Crippen molar-refractivity contribution >= 4 is 0 Å². The van der Waals surface area contributed by atoms with Gasteiger partial charge in [0.2, 0.25) is 0 Å². The fourth-order valence-electron chi connectivity index (χ4n) is 1.13. The maximum atomic E-state index is 12.2. The topological polar surface area (TPSA) is 38.7 Å². The number of halogens is 3. The van der Waals surface area contributed by atoms with E-state index in [2.05, 4.69) is 0 Å². The molecule has 0 amide bonds. The van der Waals surface area contributed by atoms with Gasteiger partial charge in [0.05, 0.1) is 25.4 Å². The zero-order valence-electron chi connectivity index (χ0n) is 9.04. The first kappa shape index (κ1) is 13.8. The molecule has 0 aliphatic carbocycles. The lowest BCUT2D eigenvalue weighted by Crippen LogP contribution is -2.09. The zero-order chi connectivity index (χ0) is 12.7. The molecule has 6 heteroatoms. The molecule has 1 rings (SSSR count). The highest BCUT2D eigenvalue weighted by Crippen LogP contribution is 2.30. The Hall–Kier alpha value is -1.27. The van der Waals surface area contributed by atoms with E-state index in [0.717, 1.165) is 12.1 Å². The molecule has 96 valence electrons. The van der Waals surface area contributed by atoms with Gasteiger partial charge in [0.1, 0.15) is 12.4 Å². The number of aliphatic hydroxyl groups excluding tert-OH is 1. The summed E-state index contributed by atoms with van der Waals surface area (Å²) in [6, 6.07) is 4.44. The molecule has 0 aliphatic rings. The van der Waals surface area contributed by atoms with Crippen LogP contribution in [0.4, 0.5) is 13.2 Å². The van der Waals surface area contributed by atoms with Crippen LogP contribution < -0.4 is 4.74 Å². The highest BCUT2D eigenvalue weighted by molar-refractivity contribution is 5.28. The second-order valence-corrected chi connectivity index (χ2v) is 3.21. The van der Waals surface area contributed by atoms with Crippen LogP contribution in [0.2, 0.25) is 0 Å². The summed E-state index contributed by atoms with van der Waals surface area (Å²) in [6.45, 7) is 0.656. The molecule has 1 N–H and O–H groups in total. The molecule has 0 atom stereocenters. The lowest BCUT2D eigenvalue weighted by molar-refractivity contribution is -0.137. The van der Waals surface area contributed by atoms with Gasteiger partial charge in [0.25, 0.3) is 0 Å². The van der Waals surface area contributed by atoms with E-state index in [0.29, 0.717) is 5.75 Å². The standard InChI is InChI=1S/C11H13F3O3/c12-11(13,14)9-1-3-10(4-2-9)17-8-7-16-6-5-15/h1-4,15H,5-8H2. The van der Waals surface area contributed by atoms with Crippen LogP contribution in [-0.4, -0.2) is 31.5 Å². The summed E-state index contributed by atoms with van der Waals surface area (Å²) < 4.78 is 46.8. The lowest BCUT2D eigenvalue weighted by atomic mass is 10.2. The summed E-state index contributed by atoms with van der Waals surface area (Å²) in [6.07, 6.45) is -4.33. The molecule has 0 radical (unpaired) electrons. The molecule has 1 aromatic carbocycles. The van der Waals surface area contributed by atoms with Crippen molar-refractivity contribution in [2.75, 3.05) is 26.4 Å². The number of ether oxygens (including phenoxy) is 2. The van der Waals surface area contributed by atoms with Gasteiger partial charge in [-0.15, -0.1) is 0 Å². The molecule has 0 fully saturated rings. The van der Waals surface area contributed by atoms with Gasteiger partial charge in [-0.2, -0.15) is 13.2 Å². The Kier molecular flexibility index (Phi) is 5.24. The van der Waals surface area contributed by atoms with Crippen LogP contribution in [0.3, 0.4) is 0 Å². The second-order valence-electron chi connectivity index (χ2n) is 3.21. The van der Waals surface area contributed by atoms with Gasteiger partial charge in [0.15, 0.2) is 0 Å². The Morgan fingerprint density at radius 1 is 1.00 bits per heavy atom. The first-order valence-electron chi connectivity index (χ1n) is 5.02. The van der Waals surface area contributed by atoms with Crippen LogP contribution in [0.25, 0.3) is 0 Å². The van der Waals surface area contributed by atoms with Gasteiger partial charge >= 0.3 is 6.18 Å². The predicted octanol–water partition coefficient (Wildman–Crippen LogP) is 2.09. The molecule has 0 unspecified atom stereocenters. The third kappa shape index (κ3) is 5.06. The highest BCUT2D eigenvalue weighted by Gasteiger charge is 2.29. The lowest BCUT2D eigenvalue weighted by Gasteiger charge is -2.09. The summed E-state index contributed by atoms with van der Waals surface area (Å²) in [5.74, 6) is 0.352. The summed E-state index contributed by atoms with van der Waals surface area (Å²) >= 11 is 0. The minimum atomic E-state index is -4.33. The second kappa shape index (κ2) is 6.46. The first-order valence-corrected chi connectivity index (χ1v) is 5.02. The monoisotopic (exact) mass is 250 g/mol. The van der Waals surface area contributed by atoms with Gasteiger partial charge in [-0.1, -0.05) is 0 Å². The molecule has 0 aliphatic heterocycles. The Balaban J connectivity index is 2.36. The average molecular weight is 250 g/mol. The molecule has 0 spiro atoms. The highest BCUT2D eigenvalue weighted by atomic mass is 19.4. The van der Waals surface area contributed by atoms with Gasteiger partial charge in [-0.05, 0) is 24.3 Å². The largest absolute Gasteiger partial charge is 0.491 e.